The van der Waals surface area contributed by atoms with Gasteiger partial charge < -0.3 is 10.2 Å². The van der Waals surface area contributed by atoms with Crippen molar-refractivity contribution in [2.45, 2.75) is 25.4 Å². The number of hydrogen-bond donors (Lipinski definition) is 1. The lowest BCUT2D eigenvalue weighted by Gasteiger charge is -2.33. The van der Waals surface area contributed by atoms with Crippen molar-refractivity contribution < 1.29 is 9.59 Å². The molecule has 1 aromatic carbocycles. The van der Waals surface area contributed by atoms with Crippen LogP contribution in [0.1, 0.15) is 28.1 Å². The van der Waals surface area contributed by atoms with Crippen molar-refractivity contribution in [3.05, 3.63) is 56.7 Å². The number of amides is 2. The minimum absolute atomic E-state index is 0.0730. The maximum absolute atomic E-state index is 12.4. The molecule has 1 aliphatic rings. The molecule has 1 aromatic heterocycles. The van der Waals surface area contributed by atoms with Crippen LogP contribution in [0.4, 0.5) is 0 Å². The predicted octanol–water partition coefficient (Wildman–Crippen LogP) is 3.36. The smallest absolute Gasteiger partial charge is 0.264 e. The first-order valence-electron chi connectivity index (χ1n) is 9.07. The highest BCUT2D eigenvalue weighted by Crippen LogP contribution is 2.23. The van der Waals surface area contributed by atoms with Crippen molar-refractivity contribution in [1.29, 1.82) is 0 Å². The molecule has 7 heteroatoms. The molecule has 0 bridgehead atoms. The largest absolute Gasteiger partial charge is 0.351 e. The Balaban J connectivity index is 1.47. The van der Waals surface area contributed by atoms with Crippen LogP contribution in [0, 0.1) is 0 Å². The third-order valence-electron chi connectivity index (χ3n) is 4.63. The molecule has 5 nitrogen and oxygen atoms in total. The molecule has 0 radical (unpaired) electrons. The molecule has 0 aliphatic carbocycles. The van der Waals surface area contributed by atoms with E-state index >= 15 is 0 Å². The van der Waals surface area contributed by atoms with Crippen LogP contribution in [0.25, 0.3) is 0 Å². The van der Waals surface area contributed by atoms with Gasteiger partial charge in [-0.25, -0.2) is 0 Å². The van der Waals surface area contributed by atoms with E-state index in [0.717, 1.165) is 36.3 Å². The number of carbonyl (C=O) groups is 2. The van der Waals surface area contributed by atoms with Crippen molar-refractivity contribution in [2.24, 2.45) is 0 Å². The molecule has 1 unspecified atom stereocenters. The van der Waals surface area contributed by atoms with Gasteiger partial charge in [-0.1, -0.05) is 30.3 Å². The lowest BCUT2D eigenvalue weighted by molar-refractivity contribution is -0.122. The number of rotatable bonds is 6. The van der Waals surface area contributed by atoms with Crippen molar-refractivity contribution >= 4 is 39.1 Å². The molecule has 3 rings (SSSR count). The zero-order valence-corrected chi connectivity index (χ0v) is 17.8. The van der Waals surface area contributed by atoms with Gasteiger partial charge in [-0.3, -0.25) is 14.5 Å². The minimum atomic E-state index is -0.129. The normalized spacial score (nSPS) is 17.5. The van der Waals surface area contributed by atoms with Gasteiger partial charge in [0, 0.05) is 26.2 Å². The van der Waals surface area contributed by atoms with E-state index in [1.807, 2.05) is 12.1 Å². The number of nitrogens with zero attached hydrogens (tertiary/aromatic N) is 2. The molecule has 1 saturated heterocycles. The van der Waals surface area contributed by atoms with Crippen LogP contribution in [-0.4, -0.2) is 54.3 Å². The van der Waals surface area contributed by atoms with Crippen molar-refractivity contribution in [3.8, 4) is 0 Å². The molecule has 2 amide bonds. The standard InChI is InChI=1S/C20H24BrN3O2S/c1-23(20(26)17-9-10-18(21)27-17)14-19(25)22-16-8-5-11-24(13-16)12-15-6-3-2-4-7-15/h2-4,6-7,9-10,16H,5,8,11-14H2,1H3,(H,22,25). The summed E-state index contributed by atoms with van der Waals surface area (Å²) >= 11 is 4.73. The lowest BCUT2D eigenvalue weighted by atomic mass is 10.0. The van der Waals surface area contributed by atoms with E-state index in [9.17, 15) is 9.59 Å². The zero-order valence-electron chi connectivity index (χ0n) is 15.4. The summed E-state index contributed by atoms with van der Waals surface area (Å²) < 4.78 is 0.907. The molecule has 2 heterocycles. The number of likely N-dealkylation sites (N-methyl/N-ethyl adjacent to an activating group) is 1. The number of likely N-dealkylation sites (tertiary alicyclic amines) is 1. The number of thiophene rings is 1. The van der Waals surface area contributed by atoms with Gasteiger partial charge in [-0.15, -0.1) is 11.3 Å². The monoisotopic (exact) mass is 449 g/mol. The van der Waals surface area contributed by atoms with Crippen LogP contribution in [-0.2, 0) is 11.3 Å². The summed E-state index contributed by atoms with van der Waals surface area (Å²) in [6.07, 6.45) is 2.04. The second kappa shape index (κ2) is 9.48. The Labute approximate surface area is 172 Å². The van der Waals surface area contributed by atoms with Gasteiger partial charge in [-0.2, -0.15) is 0 Å². The maximum atomic E-state index is 12.4. The first-order valence-corrected chi connectivity index (χ1v) is 10.7. The van der Waals surface area contributed by atoms with Crippen molar-refractivity contribution in [1.82, 2.24) is 15.1 Å². The second-order valence-electron chi connectivity index (χ2n) is 6.89. The van der Waals surface area contributed by atoms with Crippen LogP contribution < -0.4 is 5.32 Å². The Hall–Kier alpha value is -1.70. The molecule has 1 atom stereocenters. The fourth-order valence-electron chi connectivity index (χ4n) is 3.34. The van der Waals surface area contributed by atoms with Crippen LogP contribution in [0.2, 0.25) is 0 Å². The Bertz CT molecular complexity index is 781. The Kier molecular flexibility index (Phi) is 7.04. The summed E-state index contributed by atoms with van der Waals surface area (Å²) in [4.78, 5) is 29.2. The average molecular weight is 450 g/mol. The van der Waals surface area contributed by atoms with E-state index in [1.54, 1.807) is 13.1 Å². The molecular weight excluding hydrogens is 426 g/mol. The van der Waals surface area contributed by atoms with Crippen LogP contribution in [0.5, 0.6) is 0 Å². The van der Waals surface area contributed by atoms with E-state index in [1.165, 1.54) is 21.8 Å². The average Bonchev–Trinajstić information content (AvgIpc) is 3.08. The summed E-state index contributed by atoms with van der Waals surface area (Å²) in [5.74, 6) is -0.233. The summed E-state index contributed by atoms with van der Waals surface area (Å²) in [5, 5.41) is 3.10. The fourth-order valence-corrected chi connectivity index (χ4v) is 4.72. The van der Waals surface area contributed by atoms with E-state index in [0.29, 0.717) is 4.88 Å². The highest BCUT2D eigenvalue weighted by Gasteiger charge is 2.23. The van der Waals surface area contributed by atoms with Gasteiger partial charge in [0.25, 0.3) is 5.91 Å². The van der Waals surface area contributed by atoms with Gasteiger partial charge in [0.15, 0.2) is 0 Å². The van der Waals surface area contributed by atoms with Crippen LogP contribution in [0.15, 0.2) is 46.3 Å². The first kappa shape index (κ1) is 20.0. The number of carbonyl (C=O) groups excluding carboxylic acids is 2. The molecule has 144 valence electrons. The van der Waals surface area contributed by atoms with Gasteiger partial charge in [0.2, 0.25) is 5.91 Å². The number of hydrogen-bond acceptors (Lipinski definition) is 4. The number of halogens is 1. The quantitative estimate of drug-likeness (QED) is 0.735. The first-order chi connectivity index (χ1) is 13.0. The van der Waals surface area contributed by atoms with Crippen LogP contribution in [0.3, 0.4) is 0 Å². The van der Waals surface area contributed by atoms with E-state index in [-0.39, 0.29) is 24.4 Å². The molecular formula is C20H24BrN3O2S. The number of benzene rings is 1. The van der Waals surface area contributed by atoms with Crippen LogP contribution >= 0.6 is 27.3 Å². The maximum Gasteiger partial charge on any atom is 0.264 e. The van der Waals surface area contributed by atoms with Gasteiger partial charge in [-0.05, 0) is 53.0 Å². The van der Waals surface area contributed by atoms with Crippen molar-refractivity contribution in [3.63, 3.8) is 0 Å². The van der Waals surface area contributed by atoms with Crippen molar-refractivity contribution in [2.75, 3.05) is 26.7 Å². The molecule has 0 spiro atoms. The third-order valence-corrected chi connectivity index (χ3v) is 6.24. The molecule has 0 saturated carbocycles. The minimum Gasteiger partial charge on any atom is -0.351 e. The molecule has 2 aromatic rings. The number of piperidine rings is 1. The predicted molar refractivity (Wildman–Crippen MR) is 112 cm³/mol. The fraction of sp³-hybridized carbons (Fsp3) is 0.400. The lowest BCUT2D eigenvalue weighted by Crippen LogP contribution is -2.49. The van der Waals surface area contributed by atoms with Gasteiger partial charge in [0.1, 0.15) is 0 Å². The highest BCUT2D eigenvalue weighted by molar-refractivity contribution is 9.11. The third kappa shape index (κ3) is 5.89. The van der Waals surface area contributed by atoms with E-state index in [4.69, 9.17) is 0 Å². The highest BCUT2D eigenvalue weighted by atomic mass is 79.9. The topological polar surface area (TPSA) is 52.7 Å². The summed E-state index contributed by atoms with van der Waals surface area (Å²) in [5.41, 5.74) is 1.29. The molecule has 1 N–H and O–H groups in total. The van der Waals surface area contributed by atoms with Gasteiger partial charge in [0.05, 0.1) is 15.2 Å². The van der Waals surface area contributed by atoms with E-state index < -0.39 is 0 Å². The summed E-state index contributed by atoms with van der Waals surface area (Å²) in [7, 11) is 1.66. The Morgan fingerprint density at radius 1 is 1.26 bits per heavy atom. The Morgan fingerprint density at radius 2 is 2.04 bits per heavy atom. The summed E-state index contributed by atoms with van der Waals surface area (Å²) in [6, 6.07) is 14.1. The van der Waals surface area contributed by atoms with Gasteiger partial charge >= 0.3 is 0 Å². The second-order valence-corrected chi connectivity index (χ2v) is 9.36. The molecule has 1 aliphatic heterocycles. The molecule has 1 fully saturated rings. The Morgan fingerprint density at radius 3 is 2.74 bits per heavy atom. The zero-order chi connectivity index (χ0) is 19.2. The van der Waals surface area contributed by atoms with E-state index in [2.05, 4.69) is 50.4 Å². The SMILES string of the molecule is CN(CC(=O)NC1CCCN(Cc2ccccc2)C1)C(=O)c1ccc(Br)s1. The summed E-state index contributed by atoms with van der Waals surface area (Å²) in [6.45, 7) is 2.87. The number of nitrogens with one attached hydrogen (secondary N) is 1. The molecule has 27 heavy (non-hydrogen) atoms.